The molecule has 2 aliphatic rings. The highest BCUT2D eigenvalue weighted by Gasteiger charge is 2.47. The number of imidazole rings is 1. The normalized spacial score (nSPS) is 28.1. The van der Waals surface area contributed by atoms with Crippen molar-refractivity contribution in [1.29, 1.82) is 0 Å². The summed E-state index contributed by atoms with van der Waals surface area (Å²) in [4.78, 5) is 23.2. The fourth-order valence-corrected chi connectivity index (χ4v) is 3.58. The Hall–Kier alpha value is -1.99. The Morgan fingerprint density at radius 2 is 2.36 bits per heavy atom. The molecule has 2 aromatic rings. The molecule has 4 rings (SSSR count). The number of likely N-dealkylation sites (tertiary alicyclic amines) is 1. The highest BCUT2D eigenvalue weighted by Crippen LogP contribution is 2.33. The van der Waals surface area contributed by atoms with Gasteiger partial charge in [0.25, 0.3) is 5.91 Å². The van der Waals surface area contributed by atoms with Gasteiger partial charge < -0.3 is 19.9 Å². The number of ether oxygens (including phenoxy) is 1. The lowest BCUT2D eigenvalue weighted by Gasteiger charge is -2.34. The van der Waals surface area contributed by atoms with Crippen molar-refractivity contribution in [3.8, 4) is 0 Å². The highest BCUT2D eigenvalue weighted by molar-refractivity contribution is 6.04. The standard InChI is InChI=1S/C15H19N5O2/c1-19-9-18-12-5-17-4-11(13(12)19)14(21)20-6-10-7-22-3-2-15(10,16)8-20/h4-5,9-10H,2-3,6-8,16H2,1H3/t10-,15+/m1/s1. The van der Waals surface area contributed by atoms with E-state index in [0.29, 0.717) is 31.9 Å². The molecule has 7 heteroatoms. The van der Waals surface area contributed by atoms with Gasteiger partial charge in [-0.1, -0.05) is 0 Å². The Labute approximate surface area is 128 Å². The van der Waals surface area contributed by atoms with E-state index in [2.05, 4.69) is 9.97 Å². The van der Waals surface area contributed by atoms with Crippen LogP contribution < -0.4 is 5.73 Å². The molecule has 7 nitrogen and oxygen atoms in total. The van der Waals surface area contributed by atoms with Gasteiger partial charge in [-0.05, 0) is 6.42 Å². The first-order valence-electron chi connectivity index (χ1n) is 7.49. The Bertz CT molecular complexity index is 743. The van der Waals surface area contributed by atoms with Crippen LogP contribution in [0.4, 0.5) is 0 Å². The number of rotatable bonds is 1. The second-order valence-electron chi connectivity index (χ2n) is 6.35. The van der Waals surface area contributed by atoms with E-state index in [-0.39, 0.29) is 17.4 Å². The molecule has 22 heavy (non-hydrogen) atoms. The van der Waals surface area contributed by atoms with Crippen LogP contribution >= 0.6 is 0 Å². The summed E-state index contributed by atoms with van der Waals surface area (Å²) in [5, 5.41) is 0. The third kappa shape index (κ3) is 1.93. The molecule has 2 N–H and O–H groups in total. The number of amides is 1. The molecule has 0 unspecified atom stereocenters. The molecule has 0 aromatic carbocycles. The minimum Gasteiger partial charge on any atom is -0.381 e. The number of aromatic nitrogens is 3. The number of carbonyl (C=O) groups excluding carboxylic acids is 1. The van der Waals surface area contributed by atoms with Crippen molar-refractivity contribution in [3.05, 3.63) is 24.3 Å². The zero-order valence-electron chi connectivity index (χ0n) is 12.5. The van der Waals surface area contributed by atoms with Crippen LogP contribution in [0.2, 0.25) is 0 Å². The van der Waals surface area contributed by atoms with E-state index in [4.69, 9.17) is 10.5 Å². The zero-order valence-corrected chi connectivity index (χ0v) is 12.5. The van der Waals surface area contributed by atoms with Gasteiger partial charge in [-0.2, -0.15) is 0 Å². The van der Waals surface area contributed by atoms with Crippen LogP contribution in [0.3, 0.4) is 0 Å². The van der Waals surface area contributed by atoms with E-state index < -0.39 is 0 Å². The predicted molar refractivity (Wildman–Crippen MR) is 80.3 cm³/mol. The van der Waals surface area contributed by atoms with Crippen LogP contribution in [0.15, 0.2) is 18.7 Å². The van der Waals surface area contributed by atoms with Gasteiger partial charge in [-0.15, -0.1) is 0 Å². The number of hydrogen-bond acceptors (Lipinski definition) is 5. The van der Waals surface area contributed by atoms with Crippen LogP contribution in [0.5, 0.6) is 0 Å². The molecular formula is C15H19N5O2. The molecule has 0 spiro atoms. The number of carbonyl (C=O) groups is 1. The van der Waals surface area contributed by atoms with E-state index in [1.54, 1.807) is 18.7 Å². The fraction of sp³-hybridized carbons (Fsp3) is 0.533. The van der Waals surface area contributed by atoms with E-state index in [0.717, 1.165) is 17.5 Å². The van der Waals surface area contributed by atoms with Crippen LogP contribution in [0.25, 0.3) is 11.0 Å². The minimum absolute atomic E-state index is 0.0269. The topological polar surface area (TPSA) is 86.3 Å². The number of nitrogens with two attached hydrogens (primary N) is 1. The predicted octanol–water partition coefficient (Wildman–Crippen LogP) is 0.158. The van der Waals surface area contributed by atoms with Gasteiger partial charge in [-0.25, -0.2) is 4.98 Å². The molecule has 0 bridgehead atoms. The van der Waals surface area contributed by atoms with Crippen molar-refractivity contribution in [2.75, 3.05) is 26.3 Å². The number of aryl methyl sites for hydroxylation is 1. The molecule has 4 heterocycles. The van der Waals surface area contributed by atoms with Gasteiger partial charge in [0, 0.05) is 44.4 Å². The molecule has 0 aliphatic carbocycles. The van der Waals surface area contributed by atoms with Gasteiger partial charge in [0.05, 0.1) is 30.2 Å². The maximum absolute atomic E-state index is 12.9. The van der Waals surface area contributed by atoms with E-state index in [1.165, 1.54) is 0 Å². The smallest absolute Gasteiger partial charge is 0.257 e. The number of nitrogens with zero attached hydrogens (tertiary/aromatic N) is 4. The average molecular weight is 301 g/mol. The highest BCUT2D eigenvalue weighted by atomic mass is 16.5. The Morgan fingerprint density at radius 1 is 1.50 bits per heavy atom. The monoisotopic (exact) mass is 301 g/mol. The number of fused-ring (bicyclic) bond motifs is 2. The van der Waals surface area contributed by atoms with E-state index in [9.17, 15) is 4.79 Å². The Balaban J connectivity index is 1.68. The lowest BCUT2D eigenvalue weighted by Crippen LogP contribution is -2.52. The van der Waals surface area contributed by atoms with E-state index >= 15 is 0 Å². The summed E-state index contributed by atoms with van der Waals surface area (Å²) in [7, 11) is 1.88. The summed E-state index contributed by atoms with van der Waals surface area (Å²) >= 11 is 0. The van der Waals surface area contributed by atoms with Crippen molar-refractivity contribution in [1.82, 2.24) is 19.4 Å². The molecule has 0 saturated carbocycles. The molecule has 116 valence electrons. The zero-order chi connectivity index (χ0) is 15.3. The summed E-state index contributed by atoms with van der Waals surface area (Å²) in [5.74, 6) is 0.185. The summed E-state index contributed by atoms with van der Waals surface area (Å²) in [6, 6.07) is 0. The second kappa shape index (κ2) is 4.76. The third-order valence-corrected chi connectivity index (χ3v) is 4.91. The third-order valence-electron chi connectivity index (χ3n) is 4.91. The van der Waals surface area contributed by atoms with Crippen molar-refractivity contribution >= 4 is 16.9 Å². The van der Waals surface area contributed by atoms with Crippen molar-refractivity contribution in [2.45, 2.75) is 12.0 Å². The average Bonchev–Trinajstić information content (AvgIpc) is 3.07. The maximum Gasteiger partial charge on any atom is 0.257 e. The lowest BCUT2D eigenvalue weighted by atomic mass is 9.84. The molecule has 2 saturated heterocycles. The number of pyridine rings is 1. The minimum atomic E-state index is -0.318. The summed E-state index contributed by atoms with van der Waals surface area (Å²) in [6.45, 7) is 2.53. The summed E-state index contributed by atoms with van der Waals surface area (Å²) < 4.78 is 7.37. The van der Waals surface area contributed by atoms with Crippen LogP contribution in [-0.2, 0) is 11.8 Å². The lowest BCUT2D eigenvalue weighted by molar-refractivity contribution is 0.0241. The van der Waals surface area contributed by atoms with Gasteiger partial charge in [-0.3, -0.25) is 9.78 Å². The molecule has 1 amide bonds. The number of hydrogen-bond donors (Lipinski definition) is 1. The largest absolute Gasteiger partial charge is 0.381 e. The molecular weight excluding hydrogens is 282 g/mol. The molecule has 2 atom stereocenters. The van der Waals surface area contributed by atoms with Crippen LogP contribution in [-0.4, -0.2) is 57.2 Å². The molecule has 2 aromatic heterocycles. The molecule has 0 radical (unpaired) electrons. The fourth-order valence-electron chi connectivity index (χ4n) is 3.58. The van der Waals surface area contributed by atoms with Crippen molar-refractivity contribution < 1.29 is 9.53 Å². The molecule has 2 aliphatic heterocycles. The SMILES string of the molecule is Cn1cnc2cncc(C(=O)N3C[C@@H]4COCC[C@]4(N)C3)c21. The molecule has 2 fully saturated rings. The van der Waals surface area contributed by atoms with E-state index in [1.807, 2.05) is 16.5 Å². The summed E-state index contributed by atoms with van der Waals surface area (Å²) in [5.41, 5.74) is 8.30. The van der Waals surface area contributed by atoms with Crippen molar-refractivity contribution in [3.63, 3.8) is 0 Å². The Kier molecular flexibility index (Phi) is 2.95. The van der Waals surface area contributed by atoms with Crippen LogP contribution in [0.1, 0.15) is 16.8 Å². The van der Waals surface area contributed by atoms with Gasteiger partial charge in [0.15, 0.2) is 0 Å². The maximum atomic E-state index is 12.9. The van der Waals surface area contributed by atoms with Gasteiger partial charge in [0.2, 0.25) is 0 Å². The van der Waals surface area contributed by atoms with Crippen molar-refractivity contribution in [2.24, 2.45) is 18.7 Å². The first-order chi connectivity index (χ1) is 10.6. The first kappa shape index (κ1) is 13.7. The first-order valence-corrected chi connectivity index (χ1v) is 7.49. The second-order valence-corrected chi connectivity index (χ2v) is 6.35. The summed E-state index contributed by atoms with van der Waals surface area (Å²) in [6.07, 6.45) is 5.79. The van der Waals surface area contributed by atoms with Crippen LogP contribution in [0, 0.1) is 5.92 Å². The quantitative estimate of drug-likeness (QED) is 0.811. The Morgan fingerprint density at radius 3 is 3.18 bits per heavy atom. The van der Waals surface area contributed by atoms with Gasteiger partial charge >= 0.3 is 0 Å². The van der Waals surface area contributed by atoms with Gasteiger partial charge in [0.1, 0.15) is 5.52 Å².